The average molecular weight is 414 g/mol. The van der Waals surface area contributed by atoms with Gasteiger partial charge in [0.15, 0.2) is 11.8 Å². The molecule has 0 radical (unpaired) electrons. The molecule has 0 saturated carbocycles. The van der Waals surface area contributed by atoms with Crippen molar-refractivity contribution in [3.8, 4) is 17.0 Å². The highest BCUT2D eigenvalue weighted by molar-refractivity contribution is 7.99. The molecule has 0 unspecified atom stereocenters. The van der Waals surface area contributed by atoms with Crippen molar-refractivity contribution in [3.63, 3.8) is 0 Å². The number of nitrogens with one attached hydrogen (secondary N) is 1. The lowest BCUT2D eigenvalue weighted by Crippen LogP contribution is -2.20. The minimum atomic E-state index is -0.223. The highest BCUT2D eigenvalue weighted by Gasteiger charge is 2.17. The maximum Gasteiger partial charge on any atom is 0.262 e. The predicted molar refractivity (Wildman–Crippen MR) is 113 cm³/mol. The van der Waals surface area contributed by atoms with Gasteiger partial charge in [-0.05, 0) is 43.2 Å². The van der Waals surface area contributed by atoms with Crippen LogP contribution < -0.4 is 10.1 Å². The fourth-order valence-electron chi connectivity index (χ4n) is 3.18. The van der Waals surface area contributed by atoms with E-state index in [0.717, 1.165) is 50.5 Å². The molecule has 0 spiro atoms. The molecule has 2 aromatic carbocycles. The molecule has 1 amide bonds. The third-order valence-corrected chi connectivity index (χ3v) is 6.13. The van der Waals surface area contributed by atoms with E-state index in [4.69, 9.17) is 16.3 Å². The van der Waals surface area contributed by atoms with Crippen LogP contribution in [0.25, 0.3) is 11.3 Å². The second kappa shape index (κ2) is 7.89. The van der Waals surface area contributed by atoms with Crippen LogP contribution in [0.15, 0.2) is 47.8 Å². The molecule has 1 aliphatic rings. The van der Waals surface area contributed by atoms with Gasteiger partial charge in [-0.15, -0.1) is 0 Å². The van der Waals surface area contributed by atoms with Gasteiger partial charge >= 0.3 is 0 Å². The molecule has 4 rings (SSSR count). The van der Waals surface area contributed by atoms with Crippen LogP contribution in [0.3, 0.4) is 0 Å². The molecule has 1 aromatic heterocycles. The van der Waals surface area contributed by atoms with Gasteiger partial charge in [0.05, 0.1) is 11.4 Å². The van der Waals surface area contributed by atoms with Gasteiger partial charge in [-0.25, -0.2) is 4.98 Å². The number of para-hydroxylation sites is 1. The number of hydrogen-bond acceptors (Lipinski definition) is 4. The van der Waals surface area contributed by atoms with Gasteiger partial charge in [-0.3, -0.25) is 4.79 Å². The number of amides is 1. The molecule has 2 heterocycles. The van der Waals surface area contributed by atoms with Crippen LogP contribution in [-0.4, -0.2) is 27.8 Å². The van der Waals surface area contributed by atoms with Gasteiger partial charge < -0.3 is 14.6 Å². The van der Waals surface area contributed by atoms with Crippen molar-refractivity contribution in [2.75, 3.05) is 17.7 Å². The summed E-state index contributed by atoms with van der Waals surface area (Å²) in [6.45, 7) is 4.72. The summed E-state index contributed by atoms with van der Waals surface area (Å²) in [5, 5.41) is 4.68. The lowest BCUT2D eigenvalue weighted by atomic mass is 10.1. The Morgan fingerprint density at radius 3 is 2.79 bits per heavy atom. The maximum absolute atomic E-state index is 12.5. The van der Waals surface area contributed by atoms with Crippen LogP contribution in [0.4, 0.5) is 5.69 Å². The number of anilines is 1. The zero-order valence-corrected chi connectivity index (χ0v) is 17.2. The van der Waals surface area contributed by atoms with E-state index in [1.54, 1.807) is 11.8 Å². The fourth-order valence-corrected chi connectivity index (χ4v) is 4.23. The summed E-state index contributed by atoms with van der Waals surface area (Å²) in [5.74, 6) is 1.46. The molecule has 0 fully saturated rings. The first-order valence-corrected chi connectivity index (χ1v) is 10.4. The van der Waals surface area contributed by atoms with E-state index in [9.17, 15) is 4.79 Å². The van der Waals surface area contributed by atoms with Gasteiger partial charge in [0, 0.05) is 29.1 Å². The number of aryl methyl sites for hydroxylation is 3. The van der Waals surface area contributed by atoms with E-state index in [1.165, 1.54) is 0 Å². The zero-order chi connectivity index (χ0) is 19.7. The highest BCUT2D eigenvalue weighted by atomic mass is 35.5. The van der Waals surface area contributed by atoms with Gasteiger partial charge in [0.2, 0.25) is 0 Å². The maximum atomic E-state index is 12.5. The summed E-state index contributed by atoms with van der Waals surface area (Å²) in [4.78, 5) is 17.1. The lowest BCUT2D eigenvalue weighted by Gasteiger charge is -2.12. The number of carbonyl (C=O) groups excluding carboxylic acids is 1. The Morgan fingerprint density at radius 2 is 2.04 bits per heavy atom. The van der Waals surface area contributed by atoms with Gasteiger partial charge in [0.1, 0.15) is 5.75 Å². The van der Waals surface area contributed by atoms with Crippen molar-refractivity contribution >= 4 is 35.0 Å². The molecule has 5 nitrogen and oxygen atoms in total. The molecular weight excluding hydrogens is 394 g/mol. The molecule has 7 heteroatoms. The summed E-state index contributed by atoms with van der Waals surface area (Å²) in [7, 11) is 0. The van der Waals surface area contributed by atoms with E-state index >= 15 is 0 Å². The second-order valence-corrected chi connectivity index (χ2v) is 8.14. The number of hydrogen-bond donors (Lipinski definition) is 1. The largest absolute Gasteiger partial charge is 0.484 e. The molecule has 3 aromatic rings. The first kappa shape index (κ1) is 18.9. The quantitative estimate of drug-likeness (QED) is 0.643. The third-order valence-electron chi connectivity index (χ3n) is 4.56. The van der Waals surface area contributed by atoms with Gasteiger partial charge in [-0.1, -0.05) is 41.6 Å². The van der Waals surface area contributed by atoms with Crippen LogP contribution in [0.1, 0.15) is 11.1 Å². The van der Waals surface area contributed by atoms with E-state index in [1.807, 2.05) is 56.4 Å². The first-order chi connectivity index (χ1) is 13.5. The zero-order valence-electron chi connectivity index (χ0n) is 15.7. The summed E-state index contributed by atoms with van der Waals surface area (Å²) in [5.41, 5.74) is 4.34. The van der Waals surface area contributed by atoms with Crippen LogP contribution in [0.5, 0.6) is 5.75 Å². The minimum absolute atomic E-state index is 0.0790. The summed E-state index contributed by atoms with van der Waals surface area (Å²) in [6.07, 6.45) is 2.04. The standard InChI is InChI=1S/C21H20ClN3O2S/c1-13-9-15(10-14(2)20(13)22)27-12-19(26)23-17-6-4-3-5-16(17)18-11-25-7-8-28-21(25)24-18/h3-6,9-11H,7-8,12H2,1-2H3,(H,23,26). The molecule has 28 heavy (non-hydrogen) atoms. The Hall–Kier alpha value is -2.44. The van der Waals surface area contributed by atoms with Gasteiger partial charge in [0.25, 0.3) is 5.91 Å². The number of fused-ring (bicyclic) bond motifs is 1. The second-order valence-electron chi connectivity index (χ2n) is 6.70. The highest BCUT2D eigenvalue weighted by Crippen LogP contribution is 2.32. The Balaban J connectivity index is 1.46. The summed E-state index contributed by atoms with van der Waals surface area (Å²) >= 11 is 7.93. The van der Waals surface area contributed by atoms with Crippen molar-refractivity contribution in [1.82, 2.24) is 9.55 Å². The number of benzene rings is 2. The molecular formula is C21H20ClN3O2S. The van der Waals surface area contributed by atoms with Crippen LogP contribution in [0.2, 0.25) is 5.02 Å². The minimum Gasteiger partial charge on any atom is -0.484 e. The number of nitrogens with zero attached hydrogens (tertiary/aromatic N) is 2. The van der Waals surface area contributed by atoms with Crippen molar-refractivity contribution in [2.24, 2.45) is 0 Å². The van der Waals surface area contributed by atoms with E-state index in [0.29, 0.717) is 5.75 Å². The van der Waals surface area contributed by atoms with Gasteiger partial charge in [-0.2, -0.15) is 0 Å². The van der Waals surface area contributed by atoms with Crippen molar-refractivity contribution in [1.29, 1.82) is 0 Å². The molecule has 0 atom stereocenters. The topological polar surface area (TPSA) is 56.1 Å². The van der Waals surface area contributed by atoms with Crippen LogP contribution in [-0.2, 0) is 11.3 Å². The Kier molecular flexibility index (Phi) is 5.33. The molecule has 0 aliphatic carbocycles. The summed E-state index contributed by atoms with van der Waals surface area (Å²) < 4.78 is 7.80. The van der Waals surface area contributed by atoms with Crippen molar-refractivity contribution in [3.05, 3.63) is 58.7 Å². The van der Waals surface area contributed by atoms with Crippen molar-refractivity contribution < 1.29 is 9.53 Å². The Bertz CT molecular complexity index is 1000. The lowest BCUT2D eigenvalue weighted by molar-refractivity contribution is -0.118. The Morgan fingerprint density at radius 1 is 1.29 bits per heavy atom. The predicted octanol–water partition coefficient (Wildman–Crippen LogP) is 4.94. The number of ether oxygens (including phenoxy) is 1. The van der Waals surface area contributed by atoms with Crippen LogP contribution in [0, 0.1) is 13.8 Å². The normalized spacial score (nSPS) is 12.7. The number of imidazole rings is 1. The molecule has 1 N–H and O–H groups in total. The van der Waals surface area contributed by atoms with E-state index < -0.39 is 0 Å². The molecule has 0 bridgehead atoms. The number of aromatic nitrogens is 2. The van der Waals surface area contributed by atoms with Crippen LogP contribution >= 0.6 is 23.4 Å². The number of rotatable bonds is 5. The average Bonchev–Trinajstić information content (AvgIpc) is 3.27. The Labute approximate surface area is 173 Å². The molecule has 0 saturated heterocycles. The molecule has 1 aliphatic heterocycles. The van der Waals surface area contributed by atoms with Crippen molar-refractivity contribution in [2.45, 2.75) is 25.5 Å². The summed E-state index contributed by atoms with van der Waals surface area (Å²) in [6, 6.07) is 11.3. The number of carbonyl (C=O) groups is 1. The SMILES string of the molecule is Cc1cc(OCC(=O)Nc2ccccc2-c2cn3c(n2)SCC3)cc(C)c1Cl. The fraction of sp³-hybridized carbons (Fsp3) is 0.238. The third kappa shape index (κ3) is 3.88. The molecule has 144 valence electrons. The van der Waals surface area contributed by atoms with E-state index in [2.05, 4.69) is 14.9 Å². The first-order valence-electron chi connectivity index (χ1n) is 9.00. The monoisotopic (exact) mass is 413 g/mol. The number of thioether (sulfide) groups is 1. The number of halogens is 1. The van der Waals surface area contributed by atoms with E-state index in [-0.39, 0.29) is 12.5 Å². The smallest absolute Gasteiger partial charge is 0.262 e.